The molecule has 0 unspecified atom stereocenters. The molecule has 0 aromatic heterocycles. The molecule has 118 valence electrons. The topological polar surface area (TPSA) is 61.8 Å². The van der Waals surface area contributed by atoms with Crippen LogP contribution >= 0.6 is 11.6 Å². The Morgan fingerprint density at radius 3 is 2.64 bits per heavy atom. The molecule has 0 saturated carbocycles. The first-order valence-electron chi connectivity index (χ1n) is 6.82. The molecule has 0 bridgehead atoms. The molecule has 0 N–H and O–H groups in total. The Hall–Kier alpha value is -0.750. The zero-order chi connectivity index (χ0) is 15.7. The minimum Gasteiger partial charge on any atom is -1.00 e. The second-order valence-corrected chi connectivity index (χ2v) is 4.65. The van der Waals surface area contributed by atoms with Gasteiger partial charge in [-0.2, -0.15) is 0 Å². The first-order chi connectivity index (χ1) is 10.1. The van der Waals surface area contributed by atoms with Gasteiger partial charge in [0.05, 0.1) is 18.2 Å². The van der Waals surface area contributed by atoms with E-state index >= 15 is 0 Å². The van der Waals surface area contributed by atoms with Crippen LogP contribution in [0.5, 0.6) is 11.5 Å². The molecule has 5 nitrogen and oxygen atoms in total. The summed E-state index contributed by atoms with van der Waals surface area (Å²) < 4.78 is 15.7. The van der Waals surface area contributed by atoms with Crippen molar-refractivity contribution < 1.29 is 54.8 Å². The molecule has 0 saturated heterocycles. The predicted molar refractivity (Wildman–Crippen MR) is 80.5 cm³/mol. The van der Waals surface area contributed by atoms with Crippen molar-refractivity contribution in [2.24, 2.45) is 0 Å². The number of halogens is 1. The van der Waals surface area contributed by atoms with Gasteiger partial charge in [-0.1, -0.05) is 24.9 Å². The summed E-state index contributed by atoms with van der Waals surface area (Å²) in [6.07, 6.45) is 2.49. The first kappa shape index (κ1) is 21.2. The molecule has 0 atom stereocenters. The number of benzene rings is 1. The van der Waals surface area contributed by atoms with Gasteiger partial charge < -0.3 is 15.6 Å². The van der Waals surface area contributed by atoms with Gasteiger partial charge in [0.1, 0.15) is 6.29 Å². The van der Waals surface area contributed by atoms with Crippen LogP contribution in [0.4, 0.5) is 0 Å². The van der Waals surface area contributed by atoms with Gasteiger partial charge in [-0.15, -0.1) is 0 Å². The van der Waals surface area contributed by atoms with Crippen molar-refractivity contribution in [3.05, 3.63) is 22.7 Å². The van der Waals surface area contributed by atoms with Crippen LogP contribution in [0.3, 0.4) is 0 Å². The average molecular weight is 339 g/mol. The van der Waals surface area contributed by atoms with Crippen molar-refractivity contribution in [2.45, 2.75) is 26.7 Å². The minimum atomic E-state index is -0.496. The summed E-state index contributed by atoms with van der Waals surface area (Å²) in [6, 6.07) is 2.98. The second-order valence-electron chi connectivity index (χ2n) is 4.24. The second kappa shape index (κ2) is 11.8. The summed E-state index contributed by atoms with van der Waals surface area (Å²) in [5.74, 6) is 0.0957. The van der Waals surface area contributed by atoms with Crippen LogP contribution in [0.2, 0.25) is 5.02 Å². The number of carbonyl (C=O) groups excluding carboxylic acids is 2. The summed E-state index contributed by atoms with van der Waals surface area (Å²) in [7, 11) is 0. The summed E-state index contributed by atoms with van der Waals surface area (Å²) in [6.45, 7) is 4.24. The molecular weight excluding hydrogens is 319 g/mol. The Bertz CT molecular complexity index is 499. The van der Waals surface area contributed by atoms with Gasteiger partial charge in [-0.3, -0.25) is 4.79 Å². The largest absolute Gasteiger partial charge is 1.00 e. The number of aldehydes is 1. The fraction of sp³-hybridized carbons (Fsp3) is 0.467. The Morgan fingerprint density at radius 2 is 2.05 bits per heavy atom. The molecule has 0 radical (unpaired) electrons. The van der Waals surface area contributed by atoms with Crippen molar-refractivity contribution in [1.82, 2.24) is 0 Å². The van der Waals surface area contributed by atoms with Crippen LogP contribution in [-0.4, -0.2) is 32.1 Å². The van der Waals surface area contributed by atoms with E-state index in [-0.39, 0.29) is 55.0 Å². The maximum atomic E-state index is 11.3. The van der Waals surface area contributed by atoms with Crippen LogP contribution in [0, 0.1) is 0 Å². The number of hydrogen-bond acceptors (Lipinski definition) is 5. The van der Waals surface area contributed by atoms with Gasteiger partial charge in [0, 0.05) is 5.56 Å². The third-order valence-corrected chi connectivity index (χ3v) is 2.84. The molecule has 0 spiro atoms. The van der Waals surface area contributed by atoms with Gasteiger partial charge in [0.15, 0.2) is 18.1 Å². The minimum absolute atomic E-state index is 0. The van der Waals surface area contributed by atoms with Crippen molar-refractivity contribution in [2.75, 3.05) is 19.8 Å². The van der Waals surface area contributed by atoms with E-state index in [4.69, 9.17) is 25.8 Å². The van der Waals surface area contributed by atoms with Gasteiger partial charge in [-0.05, 0) is 25.5 Å². The van der Waals surface area contributed by atoms with Crippen LogP contribution in [0.25, 0.3) is 0 Å². The number of hydrogen-bond donors (Lipinski definition) is 0. The molecule has 1 aromatic rings. The van der Waals surface area contributed by atoms with Crippen LogP contribution in [0.15, 0.2) is 12.1 Å². The van der Waals surface area contributed by atoms with Gasteiger partial charge in [0.25, 0.3) is 0 Å². The van der Waals surface area contributed by atoms with Crippen molar-refractivity contribution in [1.29, 1.82) is 0 Å². The van der Waals surface area contributed by atoms with Gasteiger partial charge >= 0.3 is 35.5 Å². The van der Waals surface area contributed by atoms with Gasteiger partial charge in [0.2, 0.25) is 0 Å². The van der Waals surface area contributed by atoms with E-state index < -0.39 is 5.97 Å². The number of rotatable bonds is 9. The van der Waals surface area contributed by atoms with E-state index in [1.54, 1.807) is 6.92 Å². The van der Waals surface area contributed by atoms with E-state index in [9.17, 15) is 9.59 Å². The Kier molecular flexibility index (Phi) is 11.4. The van der Waals surface area contributed by atoms with E-state index in [1.807, 2.05) is 6.92 Å². The van der Waals surface area contributed by atoms with E-state index in [0.29, 0.717) is 24.2 Å². The van der Waals surface area contributed by atoms with Crippen LogP contribution in [0.1, 0.15) is 38.5 Å². The Morgan fingerprint density at radius 1 is 1.32 bits per heavy atom. The summed E-state index contributed by atoms with van der Waals surface area (Å²) in [5, 5.41) is 0.273. The van der Waals surface area contributed by atoms with Crippen molar-refractivity contribution >= 4 is 23.9 Å². The van der Waals surface area contributed by atoms with Crippen LogP contribution < -0.4 is 39.0 Å². The fourth-order valence-electron chi connectivity index (χ4n) is 1.56. The van der Waals surface area contributed by atoms with Crippen molar-refractivity contribution in [3.63, 3.8) is 0 Å². The number of esters is 1. The molecule has 1 aromatic carbocycles. The Balaban J connectivity index is 0. The molecule has 7 heteroatoms. The van der Waals surface area contributed by atoms with E-state index in [0.717, 1.165) is 12.8 Å². The Labute approximate surface area is 159 Å². The molecule has 0 aliphatic rings. The van der Waals surface area contributed by atoms with Gasteiger partial charge in [-0.25, -0.2) is 4.79 Å². The summed E-state index contributed by atoms with van der Waals surface area (Å²) in [4.78, 5) is 22.2. The molecule has 0 aliphatic carbocycles. The molecule has 0 heterocycles. The van der Waals surface area contributed by atoms with Crippen molar-refractivity contribution in [3.8, 4) is 11.5 Å². The molecule has 0 aliphatic heterocycles. The number of carbonyl (C=O) groups is 2. The zero-order valence-electron chi connectivity index (χ0n) is 14.2. The third-order valence-electron chi connectivity index (χ3n) is 2.56. The SMILES string of the molecule is CCCCOc1c(Cl)cc(C=O)cc1OCC(=O)OCC.[H-].[Na+]. The molecule has 22 heavy (non-hydrogen) atoms. The maximum Gasteiger partial charge on any atom is 1.00 e. The third kappa shape index (κ3) is 7.01. The molecule has 1 rings (SSSR count). The summed E-state index contributed by atoms with van der Waals surface area (Å²) >= 11 is 6.09. The van der Waals surface area contributed by atoms with Crippen LogP contribution in [-0.2, 0) is 9.53 Å². The number of ether oxygens (including phenoxy) is 3. The normalized spacial score (nSPS) is 9.59. The fourth-order valence-corrected chi connectivity index (χ4v) is 1.84. The van der Waals surface area contributed by atoms with E-state index in [2.05, 4.69) is 0 Å². The zero-order valence-corrected chi connectivity index (χ0v) is 15.9. The standard InChI is InChI=1S/C15H19ClO5.Na.H/c1-3-5-6-20-15-12(16)7-11(9-17)8-13(15)21-10-14(18)19-4-2;;/h7-9H,3-6,10H2,1-2H3;;/q;+1;-1. The monoisotopic (exact) mass is 338 g/mol. The first-order valence-corrected chi connectivity index (χ1v) is 7.20. The number of unbranched alkanes of at least 4 members (excludes halogenated alkanes) is 1. The summed E-state index contributed by atoms with van der Waals surface area (Å²) in [5.41, 5.74) is 0.349. The predicted octanol–water partition coefficient (Wildman–Crippen LogP) is 0.390. The molecular formula is C15H20ClNaO5. The molecule has 0 fully saturated rings. The smallest absolute Gasteiger partial charge is 1.00 e. The quantitative estimate of drug-likeness (QED) is 0.282. The molecule has 0 amide bonds. The average Bonchev–Trinajstić information content (AvgIpc) is 2.47. The maximum absolute atomic E-state index is 11.3. The van der Waals surface area contributed by atoms with E-state index in [1.165, 1.54) is 12.1 Å².